The molecule has 0 saturated carbocycles. The maximum atomic E-state index is 15.4. The monoisotopic (exact) mass is 1240 g/mol. The van der Waals surface area contributed by atoms with Crippen LogP contribution in [0.15, 0.2) is 89.8 Å². The van der Waals surface area contributed by atoms with Gasteiger partial charge in [0, 0.05) is 84.5 Å². The van der Waals surface area contributed by atoms with E-state index in [0.29, 0.717) is 33.8 Å². The van der Waals surface area contributed by atoms with E-state index in [2.05, 4.69) is 31.6 Å². The number of hydrogen-bond donors (Lipinski definition) is 5. The molecule has 1 aromatic heterocycles. The molecule has 470 valence electrons. The molecule has 2 aliphatic rings. The van der Waals surface area contributed by atoms with Crippen LogP contribution in [0.1, 0.15) is 83.2 Å². The summed E-state index contributed by atoms with van der Waals surface area (Å²) in [6.07, 6.45) is 0.0696. The normalized spacial score (nSPS) is 25.4. The Morgan fingerprint density at radius 1 is 0.575 bits per heavy atom. The SMILES string of the molecule is COCC[C@@H]1NC(=O)[C@H]2CCCN2C(=O)[C@H](Cc2ccccc2)N(C)C(=O)[C@H](Cc2ccc(Cl)cc2)NC(=O)[C@H](C(C)(C)C)NC(=O)[C@H](Cc2ccc(F)cc2)NC(=O)[C@H](C)N(C)C(=O)[C@@H](C)N(C)C(=O)[C@H](Cc2cscn2)NC(=O)[C@H](C)N(C)C1=O. The molecule has 2 saturated heterocycles. The molecule has 6 rings (SSSR count). The Bertz CT molecular complexity index is 3080. The quantitative estimate of drug-likeness (QED) is 0.145. The lowest BCUT2D eigenvalue weighted by Crippen LogP contribution is -2.63. The van der Waals surface area contributed by atoms with E-state index in [1.807, 2.05) is 0 Å². The van der Waals surface area contributed by atoms with E-state index in [0.717, 1.165) is 14.7 Å². The molecule has 10 atom stereocenters. The molecule has 87 heavy (non-hydrogen) atoms. The number of carbonyl (C=O) groups is 10. The summed E-state index contributed by atoms with van der Waals surface area (Å²) < 4.78 is 19.6. The number of nitrogens with one attached hydrogen (secondary N) is 5. The van der Waals surface area contributed by atoms with Crippen LogP contribution in [0, 0.1) is 11.2 Å². The van der Waals surface area contributed by atoms with Gasteiger partial charge in [-0.3, -0.25) is 47.9 Å². The molecule has 3 heterocycles. The number of nitrogens with zero attached hydrogens (tertiary/aromatic N) is 6. The van der Waals surface area contributed by atoms with Gasteiger partial charge in [-0.25, -0.2) is 9.37 Å². The Kier molecular flexibility index (Phi) is 24.1. The first-order valence-corrected chi connectivity index (χ1v) is 30.2. The summed E-state index contributed by atoms with van der Waals surface area (Å²) >= 11 is 7.55. The van der Waals surface area contributed by atoms with E-state index in [-0.39, 0.29) is 51.7 Å². The van der Waals surface area contributed by atoms with Crippen molar-refractivity contribution in [3.8, 4) is 0 Å². The number of methoxy groups -OCH3 is 1. The van der Waals surface area contributed by atoms with E-state index in [1.165, 1.54) is 101 Å². The number of rotatable bonds is 11. The first-order valence-electron chi connectivity index (χ1n) is 28.9. The molecule has 25 heteroatoms. The van der Waals surface area contributed by atoms with Crippen molar-refractivity contribution in [2.24, 2.45) is 5.41 Å². The number of fused-ring (bicyclic) bond motifs is 1. The van der Waals surface area contributed by atoms with Crippen LogP contribution in [-0.2, 0) is 78.4 Å². The van der Waals surface area contributed by atoms with Gasteiger partial charge >= 0.3 is 0 Å². The number of amides is 10. The van der Waals surface area contributed by atoms with Crippen molar-refractivity contribution in [2.75, 3.05) is 48.5 Å². The lowest BCUT2D eigenvalue weighted by atomic mass is 9.85. The Labute approximate surface area is 516 Å². The van der Waals surface area contributed by atoms with Gasteiger partial charge in [0.1, 0.15) is 66.2 Å². The molecular formula is C62H81ClFN11O11S. The first-order chi connectivity index (χ1) is 41.1. The fraction of sp³-hybridized carbons (Fsp3) is 0.500. The van der Waals surface area contributed by atoms with Crippen molar-refractivity contribution in [3.63, 3.8) is 0 Å². The van der Waals surface area contributed by atoms with Crippen LogP contribution in [0.5, 0.6) is 0 Å². The molecular weight excluding hydrogens is 1160 g/mol. The molecule has 0 aliphatic carbocycles. The van der Waals surface area contributed by atoms with Crippen molar-refractivity contribution in [3.05, 3.63) is 123 Å². The van der Waals surface area contributed by atoms with Crippen LogP contribution in [0.4, 0.5) is 4.39 Å². The molecule has 2 fully saturated rings. The third-order valence-corrected chi connectivity index (χ3v) is 17.1. The largest absolute Gasteiger partial charge is 0.385 e. The van der Waals surface area contributed by atoms with E-state index in [1.54, 1.807) is 86.3 Å². The molecule has 0 radical (unpaired) electrons. The number of halogens is 2. The highest BCUT2D eigenvalue weighted by Crippen LogP contribution is 2.25. The van der Waals surface area contributed by atoms with Crippen LogP contribution in [-0.4, -0.2) is 197 Å². The smallest absolute Gasteiger partial charge is 0.246 e. The second-order valence-corrected chi connectivity index (χ2v) is 24.6. The predicted octanol–water partition coefficient (Wildman–Crippen LogP) is 3.09. The maximum Gasteiger partial charge on any atom is 0.246 e. The zero-order valence-electron chi connectivity index (χ0n) is 51.1. The van der Waals surface area contributed by atoms with Crippen molar-refractivity contribution < 1.29 is 57.1 Å². The predicted molar refractivity (Wildman–Crippen MR) is 325 cm³/mol. The minimum absolute atomic E-state index is 0.00516. The number of hydrogen-bond acceptors (Lipinski definition) is 13. The molecule has 5 N–H and O–H groups in total. The van der Waals surface area contributed by atoms with E-state index in [4.69, 9.17) is 16.3 Å². The zero-order chi connectivity index (χ0) is 64.0. The van der Waals surface area contributed by atoms with Gasteiger partial charge in [0.05, 0.1) is 11.2 Å². The number of benzene rings is 3. The lowest BCUT2D eigenvalue weighted by molar-refractivity contribution is -0.149. The molecule has 3 aromatic carbocycles. The highest BCUT2D eigenvalue weighted by molar-refractivity contribution is 7.07. The average Bonchev–Trinajstić information content (AvgIpc) is 2.74. The molecule has 0 unspecified atom stereocenters. The highest BCUT2D eigenvalue weighted by atomic mass is 35.5. The fourth-order valence-electron chi connectivity index (χ4n) is 10.4. The summed E-state index contributed by atoms with van der Waals surface area (Å²) in [5.41, 5.74) is 2.58. The van der Waals surface area contributed by atoms with Crippen molar-refractivity contribution >= 4 is 82.0 Å². The van der Waals surface area contributed by atoms with Gasteiger partial charge in [-0.15, -0.1) is 11.3 Å². The molecule has 10 amide bonds. The Balaban J connectivity index is 1.45. The van der Waals surface area contributed by atoms with Crippen LogP contribution in [0.3, 0.4) is 0 Å². The minimum atomic E-state index is -1.45. The summed E-state index contributed by atoms with van der Waals surface area (Å²) in [5.74, 6) is -7.85. The van der Waals surface area contributed by atoms with Gasteiger partial charge in [-0.2, -0.15) is 0 Å². The van der Waals surface area contributed by atoms with E-state index in [9.17, 15) is 38.0 Å². The molecule has 0 bridgehead atoms. The summed E-state index contributed by atoms with van der Waals surface area (Å²) in [4.78, 5) is 158. The van der Waals surface area contributed by atoms with E-state index >= 15 is 14.4 Å². The Morgan fingerprint density at radius 2 is 1.08 bits per heavy atom. The Hall–Kier alpha value is -7.83. The van der Waals surface area contributed by atoms with Gasteiger partial charge in [-0.1, -0.05) is 87.0 Å². The van der Waals surface area contributed by atoms with Crippen molar-refractivity contribution in [1.29, 1.82) is 0 Å². The lowest BCUT2D eigenvalue weighted by Gasteiger charge is -2.37. The summed E-state index contributed by atoms with van der Waals surface area (Å²) in [6, 6.07) is 7.72. The number of thiazole rings is 1. The Morgan fingerprint density at radius 3 is 1.67 bits per heavy atom. The first kappa shape index (κ1) is 68.3. The van der Waals surface area contributed by atoms with Crippen LogP contribution < -0.4 is 26.6 Å². The summed E-state index contributed by atoms with van der Waals surface area (Å²) in [5, 5.41) is 16.1. The third kappa shape index (κ3) is 17.9. The number of aromatic nitrogens is 1. The standard InChI is InChI=1S/C62H81ClFN11O11S/c1-36-52(76)67-46(30-41-21-25-43(64)26-22-41)54(78)70-51(62(4,5)6)56(80)69-47(31-40-19-23-42(63)24-20-40)60(84)74(10)50(32-39-16-13-12-14-17-39)61(85)75-28-15-18-49(75)55(79)66-45(27-29-86-11)58(82)72(8)37(2)53(77)68-48(33-44-34-87-35-65-44)59(83)73(9)38(3)57(81)71(36)7/h12-14,16-17,19-26,34-38,45-51H,15,18,27-33H2,1-11H3,(H,66,79)(H,67,76)(H,68,77)(H,69,80)(H,70,78)/t36-,37-,38+,45-,46-,47-,48-,49+,50-,51+/m0/s1. The number of carbonyl (C=O) groups excluding carboxylic acids is 10. The number of ether oxygens (including phenoxy) is 1. The van der Waals surface area contributed by atoms with Crippen LogP contribution in [0.25, 0.3) is 0 Å². The second kappa shape index (κ2) is 30.7. The van der Waals surface area contributed by atoms with Crippen LogP contribution >= 0.6 is 22.9 Å². The van der Waals surface area contributed by atoms with Crippen molar-refractivity contribution in [2.45, 2.75) is 147 Å². The van der Waals surface area contributed by atoms with Crippen LogP contribution in [0.2, 0.25) is 5.02 Å². The average molecular weight is 1240 g/mol. The topological polar surface area (TPSA) is 269 Å². The van der Waals surface area contributed by atoms with Gasteiger partial charge in [0.25, 0.3) is 0 Å². The highest BCUT2D eigenvalue weighted by Gasteiger charge is 2.44. The van der Waals surface area contributed by atoms with Gasteiger partial charge < -0.3 is 55.8 Å². The minimum Gasteiger partial charge on any atom is -0.385 e. The summed E-state index contributed by atoms with van der Waals surface area (Å²) in [6.45, 7) is 9.46. The van der Waals surface area contributed by atoms with Gasteiger partial charge in [0.15, 0.2) is 0 Å². The summed E-state index contributed by atoms with van der Waals surface area (Å²) in [7, 11) is 6.92. The second-order valence-electron chi connectivity index (χ2n) is 23.4. The third-order valence-electron chi connectivity index (χ3n) is 16.2. The van der Waals surface area contributed by atoms with Gasteiger partial charge in [-0.05, 0) is 86.4 Å². The number of likely N-dealkylation sites (N-methyl/N-ethyl adjacent to an activating group) is 4. The van der Waals surface area contributed by atoms with Gasteiger partial charge in [0.2, 0.25) is 59.1 Å². The molecule has 4 aromatic rings. The molecule has 0 spiro atoms. The van der Waals surface area contributed by atoms with E-state index < -0.39 is 131 Å². The zero-order valence-corrected chi connectivity index (χ0v) is 52.7. The molecule has 2 aliphatic heterocycles. The fourth-order valence-corrected chi connectivity index (χ4v) is 11.1. The molecule has 22 nitrogen and oxygen atoms in total. The maximum absolute atomic E-state index is 15.4. The van der Waals surface area contributed by atoms with Crippen molar-refractivity contribution in [1.82, 2.24) is 56.1 Å².